The molecule has 0 aliphatic carbocycles. The maximum atomic E-state index is 5.38. The molecule has 1 aromatic heterocycles. The van der Waals surface area contributed by atoms with Gasteiger partial charge >= 0.3 is 0 Å². The first kappa shape index (κ1) is 13.7. The van der Waals surface area contributed by atoms with Crippen LogP contribution in [0.5, 0.6) is 11.5 Å². The number of nitrogens with zero attached hydrogens (tertiary/aromatic N) is 2. The lowest BCUT2D eigenvalue weighted by Crippen LogP contribution is -2.12. The van der Waals surface area contributed by atoms with E-state index in [1.54, 1.807) is 0 Å². The molecular weight excluding hydrogens is 266 g/mol. The van der Waals surface area contributed by atoms with Gasteiger partial charge in [0.15, 0.2) is 11.5 Å². The Morgan fingerprint density at radius 1 is 1.33 bits per heavy atom. The van der Waals surface area contributed by atoms with E-state index in [4.69, 9.17) is 9.47 Å². The summed E-state index contributed by atoms with van der Waals surface area (Å²) in [4.78, 5) is 0. The van der Waals surface area contributed by atoms with Crippen LogP contribution in [0.15, 0.2) is 37.1 Å². The predicted molar refractivity (Wildman–Crippen MR) is 80.3 cm³/mol. The number of allylic oxidation sites excluding steroid dienone is 1. The van der Waals surface area contributed by atoms with Crippen molar-refractivity contribution in [3.05, 3.63) is 53.9 Å². The van der Waals surface area contributed by atoms with Crippen molar-refractivity contribution in [3.63, 3.8) is 0 Å². The standard InChI is InChI=1S/C16H19N3O2/c1-3-6-19-10-14(12(2)18-19)9-17-8-13-4-5-15-16(7-13)21-11-20-15/h3-5,7,10,17H,1,6,8-9,11H2,2H3. The summed E-state index contributed by atoms with van der Waals surface area (Å²) in [6.07, 6.45) is 3.90. The van der Waals surface area contributed by atoms with E-state index in [0.29, 0.717) is 6.79 Å². The molecule has 0 unspecified atom stereocenters. The molecule has 21 heavy (non-hydrogen) atoms. The Kier molecular flexibility index (Phi) is 3.92. The normalized spacial score (nSPS) is 12.6. The highest BCUT2D eigenvalue weighted by atomic mass is 16.7. The molecule has 0 spiro atoms. The first-order valence-corrected chi connectivity index (χ1v) is 6.99. The molecule has 110 valence electrons. The summed E-state index contributed by atoms with van der Waals surface area (Å²) in [6, 6.07) is 6.02. The molecular formula is C16H19N3O2. The van der Waals surface area contributed by atoms with Gasteiger partial charge in [-0.15, -0.1) is 6.58 Å². The van der Waals surface area contributed by atoms with Crippen LogP contribution in [0.25, 0.3) is 0 Å². The number of fused-ring (bicyclic) bond motifs is 1. The monoisotopic (exact) mass is 285 g/mol. The molecule has 1 N–H and O–H groups in total. The summed E-state index contributed by atoms with van der Waals surface area (Å²) < 4.78 is 12.6. The van der Waals surface area contributed by atoms with Gasteiger partial charge in [-0.05, 0) is 24.6 Å². The largest absolute Gasteiger partial charge is 0.454 e. The van der Waals surface area contributed by atoms with Gasteiger partial charge in [-0.25, -0.2) is 0 Å². The van der Waals surface area contributed by atoms with E-state index >= 15 is 0 Å². The van der Waals surface area contributed by atoms with Crippen LogP contribution >= 0.6 is 0 Å². The van der Waals surface area contributed by atoms with Crippen LogP contribution in [0.3, 0.4) is 0 Å². The number of benzene rings is 1. The van der Waals surface area contributed by atoms with Crippen molar-refractivity contribution in [1.82, 2.24) is 15.1 Å². The third-order valence-corrected chi connectivity index (χ3v) is 3.45. The molecule has 5 heteroatoms. The molecule has 0 saturated heterocycles. The van der Waals surface area contributed by atoms with Crippen molar-refractivity contribution in [3.8, 4) is 11.5 Å². The Hall–Kier alpha value is -2.27. The van der Waals surface area contributed by atoms with Crippen LogP contribution in [-0.4, -0.2) is 16.6 Å². The second-order valence-electron chi connectivity index (χ2n) is 5.04. The molecule has 1 aliphatic rings. The smallest absolute Gasteiger partial charge is 0.231 e. The van der Waals surface area contributed by atoms with Crippen LogP contribution < -0.4 is 14.8 Å². The fourth-order valence-electron chi connectivity index (χ4n) is 2.35. The number of hydrogen-bond acceptors (Lipinski definition) is 4. The van der Waals surface area contributed by atoms with E-state index in [1.807, 2.05) is 29.8 Å². The van der Waals surface area contributed by atoms with Crippen LogP contribution in [0.2, 0.25) is 0 Å². The van der Waals surface area contributed by atoms with Crippen LogP contribution in [-0.2, 0) is 19.6 Å². The van der Waals surface area contributed by atoms with E-state index in [9.17, 15) is 0 Å². The van der Waals surface area contributed by atoms with E-state index in [2.05, 4.69) is 29.3 Å². The third kappa shape index (κ3) is 3.08. The van der Waals surface area contributed by atoms with Crippen molar-refractivity contribution in [2.75, 3.05) is 6.79 Å². The topological polar surface area (TPSA) is 48.3 Å². The fourth-order valence-corrected chi connectivity index (χ4v) is 2.35. The van der Waals surface area contributed by atoms with E-state index in [0.717, 1.165) is 36.8 Å². The van der Waals surface area contributed by atoms with Crippen LogP contribution in [0.4, 0.5) is 0 Å². The average Bonchev–Trinajstić information content (AvgIpc) is 3.06. The molecule has 5 nitrogen and oxygen atoms in total. The van der Waals surface area contributed by atoms with Crippen molar-refractivity contribution in [2.24, 2.45) is 0 Å². The third-order valence-electron chi connectivity index (χ3n) is 3.45. The summed E-state index contributed by atoms with van der Waals surface area (Å²) >= 11 is 0. The minimum atomic E-state index is 0.313. The summed E-state index contributed by atoms with van der Waals surface area (Å²) in [7, 11) is 0. The number of hydrogen-bond donors (Lipinski definition) is 1. The first-order valence-electron chi connectivity index (χ1n) is 6.99. The Labute approximate surface area is 124 Å². The minimum Gasteiger partial charge on any atom is -0.454 e. The highest BCUT2D eigenvalue weighted by Crippen LogP contribution is 2.32. The Bertz CT molecular complexity index is 649. The van der Waals surface area contributed by atoms with Gasteiger partial charge in [-0.1, -0.05) is 12.1 Å². The lowest BCUT2D eigenvalue weighted by molar-refractivity contribution is 0.174. The van der Waals surface area contributed by atoms with Gasteiger partial charge < -0.3 is 14.8 Å². The fraction of sp³-hybridized carbons (Fsp3) is 0.312. The number of rotatable bonds is 6. The summed E-state index contributed by atoms with van der Waals surface area (Å²) in [5.41, 5.74) is 3.43. The second kappa shape index (κ2) is 6.01. The van der Waals surface area contributed by atoms with Crippen LogP contribution in [0.1, 0.15) is 16.8 Å². The first-order chi connectivity index (χ1) is 10.3. The van der Waals surface area contributed by atoms with Gasteiger partial charge in [-0.2, -0.15) is 5.10 Å². The average molecular weight is 285 g/mol. The maximum Gasteiger partial charge on any atom is 0.231 e. The van der Waals surface area contributed by atoms with Crippen molar-refractivity contribution in [1.29, 1.82) is 0 Å². The van der Waals surface area contributed by atoms with E-state index in [-0.39, 0.29) is 0 Å². The highest BCUT2D eigenvalue weighted by Gasteiger charge is 2.13. The van der Waals surface area contributed by atoms with Crippen LogP contribution in [0, 0.1) is 6.92 Å². The summed E-state index contributed by atoms with van der Waals surface area (Å²) in [5, 5.41) is 7.87. The molecule has 2 aromatic rings. The molecule has 0 atom stereocenters. The van der Waals surface area contributed by atoms with Crippen molar-refractivity contribution < 1.29 is 9.47 Å². The molecule has 1 aliphatic heterocycles. The number of aryl methyl sites for hydroxylation is 1. The van der Waals surface area contributed by atoms with Gasteiger partial charge in [0, 0.05) is 24.8 Å². The molecule has 0 saturated carbocycles. The minimum absolute atomic E-state index is 0.313. The zero-order valence-electron chi connectivity index (χ0n) is 12.1. The number of nitrogens with one attached hydrogen (secondary N) is 1. The predicted octanol–water partition coefficient (Wildman–Crippen LogP) is 2.40. The zero-order valence-corrected chi connectivity index (χ0v) is 12.1. The van der Waals surface area contributed by atoms with Crippen molar-refractivity contribution in [2.45, 2.75) is 26.6 Å². The number of ether oxygens (including phenoxy) is 2. The molecule has 2 heterocycles. The van der Waals surface area contributed by atoms with Crippen molar-refractivity contribution >= 4 is 0 Å². The maximum absolute atomic E-state index is 5.38. The number of aromatic nitrogens is 2. The Morgan fingerprint density at radius 3 is 3.05 bits per heavy atom. The van der Waals surface area contributed by atoms with Gasteiger partial charge in [0.05, 0.1) is 12.2 Å². The molecule has 0 bridgehead atoms. The summed E-state index contributed by atoms with van der Waals surface area (Å²) in [6.45, 7) is 8.37. The lowest BCUT2D eigenvalue weighted by atomic mass is 10.2. The molecule has 0 fully saturated rings. The van der Waals surface area contributed by atoms with E-state index in [1.165, 1.54) is 11.1 Å². The molecule has 0 amide bonds. The highest BCUT2D eigenvalue weighted by molar-refractivity contribution is 5.44. The molecule has 1 aromatic carbocycles. The lowest BCUT2D eigenvalue weighted by Gasteiger charge is -2.05. The zero-order chi connectivity index (χ0) is 14.7. The van der Waals surface area contributed by atoms with E-state index < -0.39 is 0 Å². The van der Waals surface area contributed by atoms with Gasteiger partial charge in [0.2, 0.25) is 6.79 Å². The molecule has 0 radical (unpaired) electrons. The van der Waals surface area contributed by atoms with Gasteiger partial charge in [0.1, 0.15) is 0 Å². The van der Waals surface area contributed by atoms with Gasteiger partial charge in [-0.3, -0.25) is 4.68 Å². The SMILES string of the molecule is C=CCn1cc(CNCc2ccc3c(c2)OCO3)c(C)n1. The molecule has 3 rings (SSSR count). The summed E-state index contributed by atoms with van der Waals surface area (Å²) in [5.74, 6) is 1.64. The Balaban J connectivity index is 1.57. The quantitative estimate of drug-likeness (QED) is 0.828. The Morgan fingerprint density at radius 2 is 2.19 bits per heavy atom. The second-order valence-corrected chi connectivity index (χ2v) is 5.04. The van der Waals surface area contributed by atoms with Gasteiger partial charge in [0.25, 0.3) is 0 Å².